The van der Waals surface area contributed by atoms with E-state index >= 15 is 0 Å². The Hall–Kier alpha value is -4.03. The zero-order chi connectivity index (χ0) is 27.8. The zero-order valence-electron chi connectivity index (χ0n) is 20.6. The van der Waals surface area contributed by atoms with Crippen molar-refractivity contribution in [2.75, 3.05) is 14.1 Å². The van der Waals surface area contributed by atoms with Crippen LogP contribution < -0.4 is 5.73 Å². The number of hydrogen-bond acceptors (Lipinski definition) is 10. The first-order chi connectivity index (χ1) is 17.8. The number of aromatic hydroxyl groups is 3. The average molecular weight is 526 g/mol. The summed E-state index contributed by atoms with van der Waals surface area (Å²) in [7, 11) is 3.04. The van der Waals surface area contributed by atoms with Crippen molar-refractivity contribution < 1.29 is 44.4 Å². The lowest BCUT2D eigenvalue weighted by Crippen LogP contribution is -2.74. The van der Waals surface area contributed by atoms with E-state index in [0.29, 0.717) is 5.56 Å². The second-order valence-electron chi connectivity index (χ2n) is 10.5. The number of ketones is 4. The number of Topliss-reactive ketones (excluding diaryl/α,β-unsaturated/α-hetero) is 4. The van der Waals surface area contributed by atoms with E-state index in [9.17, 15) is 44.4 Å². The van der Waals surface area contributed by atoms with Crippen LogP contribution in [0.3, 0.4) is 0 Å². The molecule has 1 aromatic heterocycles. The van der Waals surface area contributed by atoms with Gasteiger partial charge in [0.05, 0.1) is 24.1 Å². The Kier molecular flexibility index (Phi) is 5.73. The molecule has 2 saturated carbocycles. The van der Waals surface area contributed by atoms with Gasteiger partial charge in [0.2, 0.25) is 5.91 Å². The maximum absolute atomic E-state index is 13.8. The van der Waals surface area contributed by atoms with Crippen LogP contribution in [0.4, 0.5) is 0 Å². The van der Waals surface area contributed by atoms with Crippen LogP contribution in [0, 0.1) is 23.7 Å². The van der Waals surface area contributed by atoms with E-state index in [1.165, 1.54) is 37.2 Å². The third-order valence-electron chi connectivity index (χ3n) is 8.28. The van der Waals surface area contributed by atoms with Gasteiger partial charge in [-0.05, 0) is 38.4 Å². The van der Waals surface area contributed by atoms with Crippen molar-refractivity contribution in [2.45, 2.75) is 31.0 Å². The van der Waals surface area contributed by atoms with E-state index in [1.807, 2.05) is 0 Å². The number of carbonyl (C=O) groups is 5. The van der Waals surface area contributed by atoms with E-state index in [0.717, 1.165) is 4.57 Å². The number of nitrogens with zero attached hydrogens (tertiary/aromatic N) is 2. The largest absolute Gasteiger partial charge is 0.507 e. The normalized spacial score (nSPS) is 30.7. The third-order valence-corrected chi connectivity index (χ3v) is 8.28. The predicted molar refractivity (Wildman–Crippen MR) is 128 cm³/mol. The minimum atomic E-state index is -2.78. The Balaban J connectivity index is 1.58. The molecule has 200 valence electrons. The van der Waals surface area contributed by atoms with Crippen LogP contribution in [-0.2, 0) is 32.1 Å². The average Bonchev–Trinajstić information content (AvgIpc) is 3.14. The van der Waals surface area contributed by atoms with Gasteiger partial charge in [0.25, 0.3) is 0 Å². The van der Waals surface area contributed by atoms with Crippen molar-refractivity contribution in [3.05, 3.63) is 41.0 Å². The van der Waals surface area contributed by atoms with Crippen LogP contribution in [0.25, 0.3) is 0 Å². The number of rotatable bonds is 4. The van der Waals surface area contributed by atoms with Gasteiger partial charge in [-0.2, -0.15) is 0 Å². The molecule has 5 unspecified atom stereocenters. The maximum atomic E-state index is 13.8. The molecule has 1 aromatic carbocycles. The van der Waals surface area contributed by atoms with E-state index in [4.69, 9.17) is 5.73 Å². The molecular formula is C26H27N3O9. The molecule has 1 heterocycles. The van der Waals surface area contributed by atoms with Gasteiger partial charge < -0.3 is 26.2 Å². The molecule has 6 N–H and O–H groups in total. The SMILES string of the molecule is CN(C)C1C(=O)C(C(N)=O)C(=O)[C@@]2(O)C(=O)C3C(=O)c4c(ccc(Cn5c(O)ccc5O)c4O)CC3CC12. The number of phenols is 1. The van der Waals surface area contributed by atoms with Crippen LogP contribution in [0.5, 0.6) is 17.5 Å². The highest BCUT2D eigenvalue weighted by Gasteiger charge is 2.69. The number of fused-ring (bicyclic) bond motifs is 3. The minimum absolute atomic E-state index is 0.0302. The quantitative estimate of drug-likeness (QED) is 0.312. The van der Waals surface area contributed by atoms with Gasteiger partial charge >= 0.3 is 0 Å². The number of likely N-dealkylation sites (N-methyl/N-ethyl adjacent to an activating group) is 1. The number of nitrogens with two attached hydrogens (primary N) is 1. The first kappa shape index (κ1) is 25.6. The van der Waals surface area contributed by atoms with Crippen molar-refractivity contribution in [3.8, 4) is 17.5 Å². The molecule has 1 amide bonds. The molecule has 6 atom stereocenters. The summed E-state index contributed by atoms with van der Waals surface area (Å²) in [6, 6.07) is 4.49. The molecule has 12 heteroatoms. The highest BCUT2D eigenvalue weighted by atomic mass is 16.3. The summed E-state index contributed by atoms with van der Waals surface area (Å²) in [6.45, 7) is -0.184. The Morgan fingerprint density at radius 2 is 1.68 bits per heavy atom. The van der Waals surface area contributed by atoms with Crippen LogP contribution in [0.15, 0.2) is 24.3 Å². The molecule has 0 radical (unpaired) electrons. The number of carbonyl (C=O) groups excluding carboxylic acids is 5. The number of benzene rings is 1. The fraction of sp³-hybridized carbons (Fsp3) is 0.423. The number of hydrogen-bond donors (Lipinski definition) is 5. The van der Waals surface area contributed by atoms with Crippen molar-refractivity contribution >= 4 is 29.0 Å². The van der Waals surface area contributed by atoms with Gasteiger partial charge in [0.15, 0.2) is 46.4 Å². The van der Waals surface area contributed by atoms with Crippen LogP contribution in [0.1, 0.15) is 27.9 Å². The van der Waals surface area contributed by atoms with E-state index < -0.39 is 70.1 Å². The molecule has 3 aliphatic carbocycles. The molecule has 5 rings (SSSR count). The molecule has 0 spiro atoms. The molecular weight excluding hydrogens is 498 g/mol. The summed E-state index contributed by atoms with van der Waals surface area (Å²) >= 11 is 0. The maximum Gasteiger partial charge on any atom is 0.235 e. The molecule has 12 nitrogen and oxygen atoms in total. The van der Waals surface area contributed by atoms with Gasteiger partial charge in [-0.25, -0.2) is 0 Å². The third kappa shape index (κ3) is 3.33. The number of aliphatic hydroxyl groups is 1. The highest BCUT2D eigenvalue weighted by Crippen LogP contribution is 2.51. The van der Waals surface area contributed by atoms with Crippen molar-refractivity contribution in [1.82, 2.24) is 9.47 Å². The first-order valence-corrected chi connectivity index (χ1v) is 12.1. The topological polar surface area (TPSA) is 200 Å². The number of primary amides is 1. The second kappa shape index (κ2) is 8.50. The van der Waals surface area contributed by atoms with E-state index in [-0.39, 0.29) is 42.3 Å². The minimum Gasteiger partial charge on any atom is -0.507 e. The predicted octanol–water partition coefficient (Wildman–Crippen LogP) is -0.872. The Morgan fingerprint density at radius 3 is 2.26 bits per heavy atom. The van der Waals surface area contributed by atoms with E-state index in [2.05, 4.69) is 0 Å². The van der Waals surface area contributed by atoms with Gasteiger partial charge in [-0.3, -0.25) is 33.4 Å². The fourth-order valence-electron chi connectivity index (χ4n) is 6.53. The molecule has 0 saturated heterocycles. The summed E-state index contributed by atoms with van der Waals surface area (Å²) in [5.74, 6) is -11.7. The van der Waals surface area contributed by atoms with Gasteiger partial charge in [0, 0.05) is 23.6 Å². The van der Waals surface area contributed by atoms with Crippen LogP contribution >= 0.6 is 0 Å². The Labute approximate surface area is 216 Å². The number of aromatic nitrogens is 1. The molecule has 0 aliphatic heterocycles. The highest BCUT2D eigenvalue weighted by molar-refractivity contribution is 6.32. The smallest absolute Gasteiger partial charge is 0.235 e. The van der Waals surface area contributed by atoms with Crippen LogP contribution in [0.2, 0.25) is 0 Å². The summed E-state index contributed by atoms with van der Waals surface area (Å²) in [5.41, 5.74) is 3.00. The fourth-order valence-corrected chi connectivity index (χ4v) is 6.53. The molecule has 2 aromatic rings. The van der Waals surface area contributed by atoms with Crippen molar-refractivity contribution in [3.63, 3.8) is 0 Å². The summed E-state index contributed by atoms with van der Waals surface area (Å²) in [5, 5.41) is 42.5. The summed E-state index contributed by atoms with van der Waals surface area (Å²) in [6.07, 6.45) is 0.122. The Morgan fingerprint density at radius 1 is 1.05 bits per heavy atom. The lowest BCUT2D eigenvalue weighted by atomic mass is 9.52. The van der Waals surface area contributed by atoms with Gasteiger partial charge in [-0.1, -0.05) is 12.1 Å². The lowest BCUT2D eigenvalue weighted by Gasteiger charge is -2.52. The van der Waals surface area contributed by atoms with Crippen LogP contribution in [-0.4, -0.2) is 84.7 Å². The number of phenolic OH excluding ortho intramolecular Hbond substituents is 1. The summed E-state index contributed by atoms with van der Waals surface area (Å²) < 4.78 is 1.10. The molecule has 3 aliphatic rings. The lowest BCUT2D eigenvalue weighted by molar-refractivity contribution is -0.181. The Bertz CT molecular complexity index is 1410. The monoisotopic (exact) mass is 525 g/mol. The molecule has 2 fully saturated rings. The second-order valence-corrected chi connectivity index (χ2v) is 10.5. The standard InChI is InChI=1S/C26H27N3O9/c1-28(2)19-13-8-12-7-10-3-4-11(9-29-14(30)5-6-15(29)31)20(32)16(10)21(33)17(12)23(35)26(13,38)24(36)18(22(19)34)25(27)37/h3-6,12-13,17-19,30-32,38H,7-9H2,1-2H3,(H2,27,37)/t12?,13?,17?,18?,19?,26-/m0/s1. The van der Waals surface area contributed by atoms with Gasteiger partial charge in [0.1, 0.15) is 5.75 Å². The molecule has 0 bridgehead atoms. The van der Waals surface area contributed by atoms with Gasteiger partial charge in [-0.15, -0.1) is 0 Å². The molecule has 38 heavy (non-hydrogen) atoms. The van der Waals surface area contributed by atoms with Crippen molar-refractivity contribution in [2.24, 2.45) is 29.4 Å². The summed E-state index contributed by atoms with van der Waals surface area (Å²) in [4.78, 5) is 67.3. The first-order valence-electron chi connectivity index (χ1n) is 12.1. The van der Waals surface area contributed by atoms with Crippen molar-refractivity contribution in [1.29, 1.82) is 0 Å². The zero-order valence-corrected chi connectivity index (χ0v) is 20.6. The van der Waals surface area contributed by atoms with E-state index in [1.54, 1.807) is 6.07 Å². The number of amides is 1.